The average Bonchev–Trinajstić information content (AvgIpc) is 2.99. The predicted molar refractivity (Wildman–Crippen MR) is 86.5 cm³/mol. The van der Waals surface area contributed by atoms with Crippen molar-refractivity contribution < 1.29 is 4.79 Å². The van der Waals surface area contributed by atoms with E-state index in [0.29, 0.717) is 0 Å². The smallest absolute Gasteiger partial charge is 0.245 e. The highest BCUT2D eigenvalue weighted by molar-refractivity contribution is 9.10. The minimum absolute atomic E-state index is 0.0452. The Bertz CT molecular complexity index is 530. The number of piperazine rings is 1. The summed E-state index contributed by atoms with van der Waals surface area (Å²) in [6, 6.07) is 2.02. The molecule has 0 spiro atoms. The van der Waals surface area contributed by atoms with Gasteiger partial charge in [-0.05, 0) is 47.3 Å². The number of amides is 1. The SMILES string of the molecule is Cc1cc(N2CCCC2C(=O)N2CCNCC2)ncc1Br. The van der Waals surface area contributed by atoms with Crippen LogP contribution in [0.2, 0.25) is 0 Å². The number of aryl methyl sites for hydroxylation is 1. The Labute approximate surface area is 133 Å². The van der Waals surface area contributed by atoms with Gasteiger partial charge in [-0.25, -0.2) is 4.98 Å². The van der Waals surface area contributed by atoms with E-state index in [1.54, 1.807) is 0 Å². The summed E-state index contributed by atoms with van der Waals surface area (Å²) < 4.78 is 1.01. The molecular weight excluding hydrogens is 332 g/mol. The van der Waals surface area contributed by atoms with Crippen molar-refractivity contribution in [3.63, 3.8) is 0 Å². The fourth-order valence-electron chi connectivity index (χ4n) is 3.08. The first-order chi connectivity index (χ1) is 10.2. The third-order valence-corrected chi connectivity index (χ3v) is 5.12. The summed E-state index contributed by atoms with van der Waals surface area (Å²) >= 11 is 3.48. The summed E-state index contributed by atoms with van der Waals surface area (Å²) in [4.78, 5) is 21.4. The lowest BCUT2D eigenvalue weighted by molar-refractivity contribution is -0.133. The van der Waals surface area contributed by atoms with E-state index in [0.717, 1.165) is 61.4 Å². The van der Waals surface area contributed by atoms with Gasteiger partial charge in [-0.3, -0.25) is 4.79 Å². The van der Waals surface area contributed by atoms with E-state index in [4.69, 9.17) is 0 Å². The molecule has 2 aliphatic rings. The molecule has 1 N–H and O–H groups in total. The molecule has 3 rings (SSSR count). The number of carbonyl (C=O) groups is 1. The van der Waals surface area contributed by atoms with Crippen LogP contribution in [0.15, 0.2) is 16.7 Å². The van der Waals surface area contributed by atoms with Crippen LogP contribution in [0.25, 0.3) is 0 Å². The molecule has 2 aliphatic heterocycles. The second-order valence-electron chi connectivity index (χ2n) is 5.72. The van der Waals surface area contributed by atoms with Crippen molar-refractivity contribution in [2.24, 2.45) is 0 Å². The van der Waals surface area contributed by atoms with Crippen LogP contribution in [-0.2, 0) is 4.79 Å². The minimum atomic E-state index is -0.0452. The van der Waals surface area contributed by atoms with Crippen molar-refractivity contribution in [2.45, 2.75) is 25.8 Å². The summed E-state index contributed by atoms with van der Waals surface area (Å²) in [5.74, 6) is 1.18. The van der Waals surface area contributed by atoms with E-state index < -0.39 is 0 Å². The van der Waals surface area contributed by atoms with Crippen molar-refractivity contribution in [1.82, 2.24) is 15.2 Å². The van der Waals surface area contributed by atoms with Crippen molar-refractivity contribution in [3.05, 3.63) is 22.3 Å². The zero-order valence-corrected chi connectivity index (χ0v) is 13.9. The molecule has 114 valence electrons. The number of hydrogen-bond acceptors (Lipinski definition) is 4. The Balaban J connectivity index is 1.78. The molecule has 3 heterocycles. The van der Waals surface area contributed by atoms with Gasteiger partial charge in [-0.15, -0.1) is 0 Å². The van der Waals surface area contributed by atoms with Gasteiger partial charge in [0.05, 0.1) is 0 Å². The molecule has 2 fully saturated rings. The minimum Gasteiger partial charge on any atom is -0.345 e. The van der Waals surface area contributed by atoms with E-state index in [1.807, 2.05) is 11.1 Å². The van der Waals surface area contributed by atoms with Gasteiger partial charge in [0.25, 0.3) is 0 Å². The monoisotopic (exact) mass is 352 g/mol. The molecule has 0 radical (unpaired) electrons. The third kappa shape index (κ3) is 3.06. The van der Waals surface area contributed by atoms with Gasteiger partial charge in [-0.2, -0.15) is 0 Å². The van der Waals surface area contributed by atoms with Crippen LogP contribution in [0.4, 0.5) is 5.82 Å². The topological polar surface area (TPSA) is 48.5 Å². The summed E-state index contributed by atoms with van der Waals surface area (Å²) in [6.45, 7) is 6.39. The Kier molecular flexibility index (Phi) is 4.45. The molecular formula is C15H21BrN4O. The molecule has 21 heavy (non-hydrogen) atoms. The number of pyridine rings is 1. The average molecular weight is 353 g/mol. The van der Waals surface area contributed by atoms with Crippen molar-refractivity contribution >= 4 is 27.7 Å². The fraction of sp³-hybridized carbons (Fsp3) is 0.600. The second-order valence-corrected chi connectivity index (χ2v) is 6.57. The molecule has 0 bridgehead atoms. The van der Waals surface area contributed by atoms with Gasteiger partial charge in [0.2, 0.25) is 5.91 Å². The number of anilines is 1. The highest BCUT2D eigenvalue weighted by Crippen LogP contribution is 2.27. The highest BCUT2D eigenvalue weighted by atomic mass is 79.9. The normalized spacial score (nSPS) is 22.7. The van der Waals surface area contributed by atoms with Gasteiger partial charge < -0.3 is 15.1 Å². The number of nitrogens with zero attached hydrogens (tertiary/aromatic N) is 3. The first kappa shape index (κ1) is 14.8. The summed E-state index contributed by atoms with van der Waals surface area (Å²) in [6.07, 6.45) is 3.81. The number of aromatic nitrogens is 1. The Morgan fingerprint density at radius 1 is 1.38 bits per heavy atom. The lowest BCUT2D eigenvalue weighted by Crippen LogP contribution is -2.52. The largest absolute Gasteiger partial charge is 0.345 e. The molecule has 0 aliphatic carbocycles. The zero-order chi connectivity index (χ0) is 14.8. The maximum absolute atomic E-state index is 12.8. The predicted octanol–water partition coefficient (Wildman–Crippen LogP) is 1.55. The maximum Gasteiger partial charge on any atom is 0.245 e. The number of rotatable bonds is 2. The van der Waals surface area contributed by atoms with Crippen LogP contribution in [0.1, 0.15) is 18.4 Å². The molecule has 0 saturated carbocycles. The Morgan fingerprint density at radius 3 is 2.86 bits per heavy atom. The van der Waals surface area contributed by atoms with E-state index in [1.165, 1.54) is 0 Å². The zero-order valence-electron chi connectivity index (χ0n) is 12.3. The molecule has 1 amide bonds. The molecule has 0 aromatic carbocycles. The van der Waals surface area contributed by atoms with E-state index in [9.17, 15) is 4.79 Å². The summed E-state index contributed by atoms with van der Waals surface area (Å²) in [5, 5.41) is 3.29. The van der Waals surface area contributed by atoms with Gasteiger partial charge in [0.15, 0.2) is 0 Å². The summed E-state index contributed by atoms with van der Waals surface area (Å²) in [5.41, 5.74) is 1.15. The van der Waals surface area contributed by atoms with Crippen LogP contribution in [0.5, 0.6) is 0 Å². The maximum atomic E-state index is 12.8. The van der Waals surface area contributed by atoms with Crippen LogP contribution in [-0.4, -0.2) is 54.6 Å². The molecule has 1 atom stereocenters. The molecule has 6 heteroatoms. The molecule has 1 unspecified atom stereocenters. The van der Waals surface area contributed by atoms with Gasteiger partial charge in [0, 0.05) is 43.4 Å². The van der Waals surface area contributed by atoms with Gasteiger partial charge in [0.1, 0.15) is 11.9 Å². The lowest BCUT2D eigenvalue weighted by atomic mass is 10.1. The van der Waals surface area contributed by atoms with E-state index >= 15 is 0 Å². The van der Waals surface area contributed by atoms with Crippen molar-refractivity contribution in [1.29, 1.82) is 0 Å². The second kappa shape index (κ2) is 6.32. The van der Waals surface area contributed by atoms with Gasteiger partial charge >= 0.3 is 0 Å². The highest BCUT2D eigenvalue weighted by Gasteiger charge is 2.34. The van der Waals surface area contributed by atoms with E-state index in [2.05, 4.69) is 44.1 Å². The first-order valence-corrected chi connectivity index (χ1v) is 8.34. The van der Waals surface area contributed by atoms with E-state index in [-0.39, 0.29) is 11.9 Å². The lowest BCUT2D eigenvalue weighted by Gasteiger charge is -2.33. The Morgan fingerprint density at radius 2 is 2.14 bits per heavy atom. The van der Waals surface area contributed by atoms with Crippen LogP contribution < -0.4 is 10.2 Å². The Hall–Kier alpha value is -1.14. The first-order valence-electron chi connectivity index (χ1n) is 7.55. The molecule has 1 aromatic heterocycles. The number of halogens is 1. The number of hydrogen-bond donors (Lipinski definition) is 1. The standard InChI is InChI=1S/C15H21BrN4O/c1-11-9-14(18-10-12(11)16)20-6-2-3-13(20)15(21)19-7-4-17-5-8-19/h9-10,13,17H,2-8H2,1H3. The fourth-order valence-corrected chi connectivity index (χ4v) is 3.29. The van der Waals surface area contributed by atoms with Crippen molar-refractivity contribution in [3.8, 4) is 0 Å². The molecule has 1 aromatic rings. The van der Waals surface area contributed by atoms with Crippen LogP contribution in [0.3, 0.4) is 0 Å². The molecule has 2 saturated heterocycles. The van der Waals surface area contributed by atoms with Crippen LogP contribution >= 0.6 is 15.9 Å². The number of nitrogens with one attached hydrogen (secondary N) is 1. The quantitative estimate of drug-likeness (QED) is 0.877. The molecule has 5 nitrogen and oxygen atoms in total. The van der Waals surface area contributed by atoms with Crippen LogP contribution in [0, 0.1) is 6.92 Å². The van der Waals surface area contributed by atoms with Gasteiger partial charge in [-0.1, -0.05) is 0 Å². The third-order valence-electron chi connectivity index (χ3n) is 4.29. The number of carbonyl (C=O) groups excluding carboxylic acids is 1. The van der Waals surface area contributed by atoms with Crippen molar-refractivity contribution in [2.75, 3.05) is 37.6 Å². The summed E-state index contributed by atoms with van der Waals surface area (Å²) in [7, 11) is 0.